The molecule has 0 unspecified atom stereocenters. The number of likely N-dealkylation sites (tertiary alicyclic amines) is 1. The predicted molar refractivity (Wildman–Crippen MR) is 142 cm³/mol. The second-order valence-electron chi connectivity index (χ2n) is 10.7. The number of hydrogen-bond donors (Lipinski definition) is 1. The number of Topliss-reactive ketones (excluding diaryl/α,β-unsaturated/α-hetero) is 1. The number of hydrogen-bond acceptors (Lipinski definition) is 6. The van der Waals surface area contributed by atoms with E-state index in [2.05, 4.69) is 20.4 Å². The number of nitrogens with one attached hydrogen (secondary N) is 1. The number of carbonyl (C=O) groups is 2. The summed E-state index contributed by atoms with van der Waals surface area (Å²) in [5.74, 6) is 1.46. The first-order valence-electron chi connectivity index (χ1n) is 13.7. The number of rotatable bonds is 8. The number of halogens is 1. The van der Waals surface area contributed by atoms with E-state index in [0.717, 1.165) is 70.1 Å². The van der Waals surface area contributed by atoms with Gasteiger partial charge in [0.05, 0.1) is 0 Å². The van der Waals surface area contributed by atoms with Crippen LogP contribution >= 0.6 is 0 Å². The zero-order chi connectivity index (χ0) is 26.5. The third-order valence-electron chi connectivity index (χ3n) is 8.03. The zero-order valence-corrected chi connectivity index (χ0v) is 21.9. The Bertz CT molecular complexity index is 1240. The first-order chi connectivity index (χ1) is 18.4. The number of nitrogens with zero attached hydrogens (tertiary/aromatic N) is 3. The fraction of sp³-hybridized carbons (Fsp3) is 0.467. The van der Waals surface area contributed by atoms with Crippen molar-refractivity contribution in [1.82, 2.24) is 20.4 Å². The number of benzene rings is 2. The van der Waals surface area contributed by atoms with Gasteiger partial charge in [0.15, 0.2) is 5.78 Å². The van der Waals surface area contributed by atoms with Crippen molar-refractivity contribution in [1.29, 1.82) is 0 Å². The van der Waals surface area contributed by atoms with E-state index >= 15 is 0 Å². The molecule has 0 radical (unpaired) electrons. The monoisotopic (exact) mass is 518 g/mol. The van der Waals surface area contributed by atoms with Gasteiger partial charge in [-0.15, -0.1) is 0 Å². The van der Waals surface area contributed by atoms with Crippen LogP contribution in [0.1, 0.15) is 71.6 Å². The van der Waals surface area contributed by atoms with Crippen molar-refractivity contribution in [3.8, 4) is 11.4 Å². The lowest BCUT2D eigenvalue weighted by Crippen LogP contribution is -2.39. The Kier molecular flexibility index (Phi) is 8.27. The van der Waals surface area contributed by atoms with Gasteiger partial charge in [-0.3, -0.25) is 9.59 Å². The van der Waals surface area contributed by atoms with Crippen LogP contribution in [-0.4, -0.2) is 52.4 Å². The molecule has 1 aromatic heterocycles. The molecule has 2 aromatic carbocycles. The standard InChI is InChI=1S/C30H35FN4O3/c1-20-32-29(34-38-20)24-3-2-4-25(19-24)30(37)33-27-11-5-21(6-12-27)13-16-35-17-14-23(15-18-35)28(36)22-7-9-26(31)10-8-22/h2-4,7-10,19,21,23,27H,5-6,11-18H2,1H3,(H,33,37). The molecule has 1 aliphatic carbocycles. The first kappa shape index (κ1) is 26.2. The molecule has 2 aliphatic rings. The molecule has 8 heteroatoms. The molecule has 1 saturated carbocycles. The number of piperidine rings is 1. The third kappa shape index (κ3) is 6.54. The fourth-order valence-corrected chi connectivity index (χ4v) is 5.71. The minimum Gasteiger partial charge on any atom is -0.349 e. The van der Waals surface area contributed by atoms with Crippen molar-refractivity contribution >= 4 is 11.7 Å². The van der Waals surface area contributed by atoms with Crippen LogP contribution in [0, 0.1) is 24.6 Å². The first-order valence-corrected chi connectivity index (χ1v) is 13.7. The van der Waals surface area contributed by atoms with Crippen LogP contribution in [-0.2, 0) is 0 Å². The summed E-state index contributed by atoms with van der Waals surface area (Å²) in [6.45, 7) is 4.67. The molecule has 5 rings (SSSR count). The maximum Gasteiger partial charge on any atom is 0.251 e. The highest BCUT2D eigenvalue weighted by molar-refractivity contribution is 5.98. The molecular weight excluding hydrogens is 483 g/mol. The van der Waals surface area contributed by atoms with Crippen LogP contribution in [0.25, 0.3) is 11.4 Å². The quantitative estimate of drug-likeness (QED) is 0.399. The normalized spacial score (nSPS) is 20.8. The molecule has 38 heavy (non-hydrogen) atoms. The molecule has 200 valence electrons. The van der Waals surface area contributed by atoms with Crippen LogP contribution in [0.3, 0.4) is 0 Å². The van der Waals surface area contributed by atoms with E-state index in [1.165, 1.54) is 12.1 Å². The van der Waals surface area contributed by atoms with Gasteiger partial charge in [0.25, 0.3) is 5.91 Å². The van der Waals surface area contributed by atoms with E-state index < -0.39 is 0 Å². The maximum atomic E-state index is 13.2. The molecule has 0 spiro atoms. The van der Waals surface area contributed by atoms with Gasteiger partial charge < -0.3 is 14.7 Å². The molecule has 0 bridgehead atoms. The lowest BCUT2D eigenvalue weighted by Gasteiger charge is -2.34. The Morgan fingerprint density at radius 3 is 2.42 bits per heavy atom. The summed E-state index contributed by atoms with van der Waals surface area (Å²) < 4.78 is 18.2. The highest BCUT2D eigenvalue weighted by Crippen LogP contribution is 2.29. The molecule has 1 aliphatic heterocycles. The molecular formula is C30H35FN4O3. The van der Waals surface area contributed by atoms with Gasteiger partial charge in [-0.1, -0.05) is 17.3 Å². The van der Waals surface area contributed by atoms with Crippen LogP contribution in [0.4, 0.5) is 4.39 Å². The maximum absolute atomic E-state index is 13.2. The molecule has 3 aromatic rings. The van der Waals surface area contributed by atoms with Gasteiger partial charge in [-0.25, -0.2) is 4.39 Å². The van der Waals surface area contributed by atoms with Gasteiger partial charge in [0.2, 0.25) is 11.7 Å². The topological polar surface area (TPSA) is 88.3 Å². The second kappa shape index (κ2) is 12.0. The van der Waals surface area contributed by atoms with Crippen LogP contribution in [0.5, 0.6) is 0 Å². The van der Waals surface area contributed by atoms with Crippen molar-refractivity contribution in [3.63, 3.8) is 0 Å². The molecule has 2 fully saturated rings. The van der Waals surface area contributed by atoms with E-state index in [1.807, 2.05) is 24.3 Å². The van der Waals surface area contributed by atoms with E-state index in [-0.39, 0.29) is 29.5 Å². The van der Waals surface area contributed by atoms with Crippen molar-refractivity contribution in [2.24, 2.45) is 11.8 Å². The molecule has 1 amide bonds. The highest BCUT2D eigenvalue weighted by Gasteiger charge is 2.27. The smallest absolute Gasteiger partial charge is 0.251 e. The third-order valence-corrected chi connectivity index (χ3v) is 8.03. The summed E-state index contributed by atoms with van der Waals surface area (Å²) in [5, 5.41) is 7.15. The van der Waals surface area contributed by atoms with E-state index in [9.17, 15) is 14.0 Å². The van der Waals surface area contributed by atoms with E-state index in [4.69, 9.17) is 4.52 Å². The van der Waals surface area contributed by atoms with Crippen molar-refractivity contribution in [3.05, 3.63) is 71.4 Å². The van der Waals surface area contributed by atoms with Crippen molar-refractivity contribution in [2.75, 3.05) is 19.6 Å². The summed E-state index contributed by atoms with van der Waals surface area (Å²) in [4.78, 5) is 32.3. The Morgan fingerprint density at radius 1 is 1.00 bits per heavy atom. The summed E-state index contributed by atoms with van der Waals surface area (Å²) in [6.07, 6.45) is 7.11. The minimum atomic E-state index is -0.311. The molecule has 2 heterocycles. The van der Waals surface area contributed by atoms with Gasteiger partial charge in [-0.2, -0.15) is 4.98 Å². The summed E-state index contributed by atoms with van der Waals surface area (Å²) in [6, 6.07) is 13.4. The van der Waals surface area contributed by atoms with Crippen LogP contribution in [0.15, 0.2) is 53.1 Å². The van der Waals surface area contributed by atoms with Gasteiger partial charge in [-0.05, 0) is 107 Å². The number of aryl methyl sites for hydroxylation is 1. The van der Waals surface area contributed by atoms with Crippen molar-refractivity contribution < 1.29 is 18.5 Å². The summed E-state index contributed by atoms with van der Waals surface area (Å²) in [7, 11) is 0. The van der Waals surface area contributed by atoms with Gasteiger partial charge >= 0.3 is 0 Å². The van der Waals surface area contributed by atoms with Crippen LogP contribution < -0.4 is 5.32 Å². The lowest BCUT2D eigenvalue weighted by atomic mass is 9.83. The second-order valence-corrected chi connectivity index (χ2v) is 10.7. The van der Waals surface area contributed by atoms with Gasteiger partial charge in [0.1, 0.15) is 5.82 Å². The number of aromatic nitrogens is 2. The van der Waals surface area contributed by atoms with E-state index in [1.54, 1.807) is 19.1 Å². The number of carbonyl (C=O) groups excluding carboxylic acids is 2. The fourth-order valence-electron chi connectivity index (χ4n) is 5.71. The largest absolute Gasteiger partial charge is 0.349 e. The molecule has 0 atom stereocenters. The Balaban J connectivity index is 1.02. The predicted octanol–water partition coefficient (Wildman–Crippen LogP) is 5.46. The summed E-state index contributed by atoms with van der Waals surface area (Å²) >= 11 is 0. The number of amides is 1. The highest BCUT2D eigenvalue weighted by atomic mass is 19.1. The molecule has 1 N–H and O–H groups in total. The Hall–Kier alpha value is -3.39. The average molecular weight is 519 g/mol. The van der Waals surface area contributed by atoms with Gasteiger partial charge in [0, 0.05) is 35.6 Å². The van der Waals surface area contributed by atoms with Crippen LogP contribution in [0.2, 0.25) is 0 Å². The average Bonchev–Trinajstić information content (AvgIpc) is 3.39. The van der Waals surface area contributed by atoms with Crippen molar-refractivity contribution in [2.45, 2.75) is 57.9 Å². The molecule has 7 nitrogen and oxygen atoms in total. The zero-order valence-electron chi connectivity index (χ0n) is 21.9. The molecule has 1 saturated heterocycles. The van der Waals surface area contributed by atoms with E-state index in [0.29, 0.717) is 28.8 Å². The SMILES string of the molecule is Cc1nc(-c2cccc(C(=O)NC3CCC(CCN4CCC(C(=O)c5ccc(F)cc5)CC4)CC3)c2)no1. The Labute approximate surface area is 222 Å². The number of ketones is 1. The minimum absolute atomic E-state index is 0.0350. The summed E-state index contributed by atoms with van der Waals surface area (Å²) in [5.41, 5.74) is 1.99. The lowest BCUT2D eigenvalue weighted by molar-refractivity contribution is 0.0832. The Morgan fingerprint density at radius 2 is 1.74 bits per heavy atom.